The molecule has 0 atom stereocenters. The third-order valence-corrected chi connectivity index (χ3v) is 3.41. The van der Waals surface area contributed by atoms with Gasteiger partial charge in [-0.05, 0) is 29.1 Å². The highest BCUT2D eigenvalue weighted by atomic mass is 35.5. The Morgan fingerprint density at radius 1 is 1.05 bits per heavy atom. The van der Waals surface area contributed by atoms with Crippen molar-refractivity contribution in [2.75, 3.05) is 0 Å². The first-order valence-corrected chi connectivity index (χ1v) is 6.40. The lowest BCUT2D eigenvalue weighted by molar-refractivity contribution is 0.0698. The van der Waals surface area contributed by atoms with Crippen LogP contribution in [0, 0.1) is 0 Å². The van der Waals surface area contributed by atoms with Gasteiger partial charge in [-0.2, -0.15) is 0 Å². The quantitative estimate of drug-likeness (QED) is 0.765. The van der Waals surface area contributed by atoms with Crippen LogP contribution in [0.2, 0.25) is 5.02 Å². The third-order valence-electron chi connectivity index (χ3n) is 3.17. The number of carboxylic acid groups (broad SMARTS) is 1. The number of hydrogen-bond donors (Lipinski definition) is 1. The minimum Gasteiger partial charge on any atom is -0.478 e. The van der Waals surface area contributed by atoms with Gasteiger partial charge in [0.25, 0.3) is 0 Å². The molecule has 1 N–H and O–H groups in total. The van der Waals surface area contributed by atoms with E-state index < -0.39 is 5.97 Å². The molecule has 20 heavy (non-hydrogen) atoms. The minimum absolute atomic E-state index is 0.215. The third kappa shape index (κ3) is 2.12. The topological polar surface area (TPSA) is 50.2 Å². The summed E-state index contributed by atoms with van der Waals surface area (Å²) in [4.78, 5) is 15.6. The van der Waals surface area contributed by atoms with Gasteiger partial charge in [0.15, 0.2) is 0 Å². The Kier molecular flexibility index (Phi) is 3.12. The summed E-state index contributed by atoms with van der Waals surface area (Å²) in [5.41, 5.74) is 1.56. The summed E-state index contributed by atoms with van der Waals surface area (Å²) in [6, 6.07) is 12.5. The van der Waals surface area contributed by atoms with Gasteiger partial charge in [0.05, 0.1) is 5.56 Å². The van der Waals surface area contributed by atoms with Crippen molar-refractivity contribution in [3.05, 3.63) is 65.4 Å². The number of rotatable bonds is 2. The van der Waals surface area contributed by atoms with E-state index in [4.69, 9.17) is 11.6 Å². The van der Waals surface area contributed by atoms with Crippen molar-refractivity contribution in [2.24, 2.45) is 0 Å². The van der Waals surface area contributed by atoms with Crippen molar-refractivity contribution < 1.29 is 9.90 Å². The van der Waals surface area contributed by atoms with Crippen LogP contribution in [0.4, 0.5) is 0 Å². The predicted molar refractivity (Wildman–Crippen MR) is 79.1 cm³/mol. The molecule has 0 aliphatic heterocycles. The number of fused-ring (bicyclic) bond motifs is 1. The maximum absolute atomic E-state index is 11.4. The molecule has 1 heterocycles. The Bertz CT molecular complexity index is 809. The Hall–Kier alpha value is -2.39. The number of carboxylic acids is 1. The van der Waals surface area contributed by atoms with E-state index in [9.17, 15) is 9.90 Å². The summed E-state index contributed by atoms with van der Waals surface area (Å²) in [6.45, 7) is 0. The van der Waals surface area contributed by atoms with Crippen LogP contribution < -0.4 is 0 Å². The zero-order valence-electron chi connectivity index (χ0n) is 10.4. The van der Waals surface area contributed by atoms with Crippen LogP contribution in [0.5, 0.6) is 0 Å². The zero-order valence-corrected chi connectivity index (χ0v) is 11.1. The fourth-order valence-corrected chi connectivity index (χ4v) is 2.43. The fraction of sp³-hybridized carbons (Fsp3) is 0. The van der Waals surface area contributed by atoms with Crippen molar-refractivity contribution in [1.29, 1.82) is 0 Å². The van der Waals surface area contributed by atoms with Crippen molar-refractivity contribution >= 4 is 28.3 Å². The second-order valence-electron chi connectivity index (χ2n) is 4.40. The summed E-state index contributed by atoms with van der Waals surface area (Å²) in [5, 5.41) is 11.7. The monoisotopic (exact) mass is 283 g/mol. The van der Waals surface area contributed by atoms with Gasteiger partial charge in [0, 0.05) is 28.4 Å². The average molecular weight is 284 g/mol. The van der Waals surface area contributed by atoms with E-state index in [1.54, 1.807) is 24.5 Å². The molecule has 0 aliphatic rings. The summed E-state index contributed by atoms with van der Waals surface area (Å²) < 4.78 is 0. The standard InChI is InChI=1S/C16H10ClNO2/c17-11-5-6-13(16(19)20)14(7-11)15-9-18-8-10-3-1-2-4-12(10)15/h1-9H,(H,19,20). The molecule has 4 heteroatoms. The van der Waals surface area contributed by atoms with E-state index >= 15 is 0 Å². The average Bonchev–Trinajstić information content (AvgIpc) is 2.46. The van der Waals surface area contributed by atoms with Crippen molar-refractivity contribution in [2.45, 2.75) is 0 Å². The molecule has 0 radical (unpaired) electrons. The lowest BCUT2D eigenvalue weighted by Gasteiger charge is -2.09. The van der Waals surface area contributed by atoms with Gasteiger partial charge in [0.2, 0.25) is 0 Å². The normalized spacial score (nSPS) is 10.7. The molecule has 3 aromatic rings. The molecule has 0 spiro atoms. The largest absolute Gasteiger partial charge is 0.478 e. The van der Waals surface area contributed by atoms with Crippen LogP contribution in [0.15, 0.2) is 54.9 Å². The molecule has 0 amide bonds. The minimum atomic E-state index is -0.982. The van der Waals surface area contributed by atoms with Gasteiger partial charge in [0.1, 0.15) is 0 Å². The van der Waals surface area contributed by atoms with Crippen LogP contribution in [-0.4, -0.2) is 16.1 Å². The fourth-order valence-electron chi connectivity index (χ4n) is 2.26. The molecule has 0 fully saturated rings. The van der Waals surface area contributed by atoms with Gasteiger partial charge in [-0.25, -0.2) is 4.79 Å². The number of carbonyl (C=O) groups is 1. The zero-order chi connectivity index (χ0) is 14.1. The van der Waals surface area contributed by atoms with Crippen LogP contribution in [0.1, 0.15) is 10.4 Å². The first kappa shape index (κ1) is 12.6. The summed E-state index contributed by atoms with van der Waals surface area (Å²) >= 11 is 6.01. The van der Waals surface area contributed by atoms with Gasteiger partial charge in [-0.3, -0.25) is 4.98 Å². The van der Waals surface area contributed by atoms with E-state index in [-0.39, 0.29) is 5.56 Å². The van der Waals surface area contributed by atoms with E-state index in [0.717, 1.165) is 16.3 Å². The first-order chi connectivity index (χ1) is 9.66. The molecule has 0 unspecified atom stereocenters. The van der Waals surface area contributed by atoms with Gasteiger partial charge < -0.3 is 5.11 Å². The van der Waals surface area contributed by atoms with Crippen LogP contribution in [0.25, 0.3) is 21.9 Å². The van der Waals surface area contributed by atoms with E-state index in [1.807, 2.05) is 24.3 Å². The van der Waals surface area contributed by atoms with Gasteiger partial charge in [-0.15, -0.1) is 0 Å². The van der Waals surface area contributed by atoms with Crippen molar-refractivity contribution in [3.8, 4) is 11.1 Å². The van der Waals surface area contributed by atoms with E-state index in [1.165, 1.54) is 6.07 Å². The maximum atomic E-state index is 11.4. The van der Waals surface area contributed by atoms with E-state index in [0.29, 0.717) is 10.6 Å². The summed E-state index contributed by atoms with van der Waals surface area (Å²) in [7, 11) is 0. The highest BCUT2D eigenvalue weighted by Gasteiger charge is 2.14. The van der Waals surface area contributed by atoms with Crippen molar-refractivity contribution in [3.63, 3.8) is 0 Å². The Morgan fingerprint density at radius 3 is 2.65 bits per heavy atom. The molecule has 0 saturated carbocycles. The smallest absolute Gasteiger partial charge is 0.336 e. The molecule has 3 rings (SSSR count). The lowest BCUT2D eigenvalue weighted by atomic mass is 9.97. The number of aromatic nitrogens is 1. The van der Waals surface area contributed by atoms with Crippen LogP contribution in [0.3, 0.4) is 0 Å². The maximum Gasteiger partial charge on any atom is 0.336 e. The molecule has 0 aliphatic carbocycles. The molecule has 0 saturated heterocycles. The number of halogens is 1. The SMILES string of the molecule is O=C(O)c1ccc(Cl)cc1-c1cncc2ccccc12. The lowest BCUT2D eigenvalue weighted by Crippen LogP contribution is -2.00. The predicted octanol–water partition coefficient (Wildman–Crippen LogP) is 4.25. The Balaban J connectivity index is 2.36. The molecule has 1 aromatic heterocycles. The number of hydrogen-bond acceptors (Lipinski definition) is 2. The molecule has 98 valence electrons. The first-order valence-electron chi connectivity index (χ1n) is 6.03. The number of aromatic carboxylic acids is 1. The highest BCUT2D eigenvalue weighted by Crippen LogP contribution is 2.32. The number of pyridine rings is 1. The van der Waals surface area contributed by atoms with Crippen molar-refractivity contribution in [1.82, 2.24) is 4.98 Å². The Labute approximate surface area is 120 Å². The molecule has 2 aromatic carbocycles. The summed E-state index contributed by atoms with van der Waals surface area (Å²) in [6.07, 6.45) is 3.42. The van der Waals surface area contributed by atoms with Gasteiger partial charge in [-0.1, -0.05) is 35.9 Å². The Morgan fingerprint density at radius 2 is 1.85 bits per heavy atom. The second kappa shape index (κ2) is 4.94. The molecular formula is C16H10ClNO2. The number of nitrogens with zero attached hydrogens (tertiary/aromatic N) is 1. The number of benzene rings is 2. The molecule has 3 nitrogen and oxygen atoms in total. The van der Waals surface area contributed by atoms with Gasteiger partial charge >= 0.3 is 5.97 Å². The van der Waals surface area contributed by atoms with Crippen LogP contribution >= 0.6 is 11.6 Å². The molecular weight excluding hydrogens is 274 g/mol. The van der Waals surface area contributed by atoms with E-state index in [2.05, 4.69) is 4.98 Å². The molecule has 0 bridgehead atoms. The second-order valence-corrected chi connectivity index (χ2v) is 4.84. The highest BCUT2D eigenvalue weighted by molar-refractivity contribution is 6.31. The summed E-state index contributed by atoms with van der Waals surface area (Å²) in [5.74, 6) is -0.982. The van der Waals surface area contributed by atoms with Crippen LogP contribution in [-0.2, 0) is 0 Å².